The van der Waals surface area contributed by atoms with Gasteiger partial charge in [-0.05, 0) is 24.6 Å². The summed E-state index contributed by atoms with van der Waals surface area (Å²) in [5.74, 6) is -0.487. The molecule has 1 aromatic rings. The zero-order chi connectivity index (χ0) is 11.6. The SMILES string of the molecule is Cc1ccc(C(F)(F)F)cc1C(=O)CN. The number of aryl methyl sites for hydroxylation is 1. The summed E-state index contributed by atoms with van der Waals surface area (Å²) < 4.78 is 37.0. The predicted molar refractivity (Wildman–Crippen MR) is 49.6 cm³/mol. The van der Waals surface area contributed by atoms with Gasteiger partial charge in [-0.25, -0.2) is 0 Å². The number of carbonyl (C=O) groups excluding carboxylic acids is 1. The molecule has 0 fully saturated rings. The van der Waals surface area contributed by atoms with E-state index < -0.39 is 17.5 Å². The van der Waals surface area contributed by atoms with Crippen molar-refractivity contribution < 1.29 is 18.0 Å². The number of alkyl halides is 3. The highest BCUT2D eigenvalue weighted by molar-refractivity contribution is 5.98. The first kappa shape index (κ1) is 11.7. The van der Waals surface area contributed by atoms with Crippen molar-refractivity contribution >= 4 is 5.78 Å². The molecule has 2 nitrogen and oxygen atoms in total. The number of carbonyl (C=O) groups is 1. The second-order valence-electron chi connectivity index (χ2n) is 3.15. The van der Waals surface area contributed by atoms with Crippen molar-refractivity contribution in [2.24, 2.45) is 5.73 Å². The molecule has 0 saturated heterocycles. The van der Waals surface area contributed by atoms with Crippen LogP contribution in [-0.2, 0) is 6.18 Å². The molecule has 0 bridgehead atoms. The van der Waals surface area contributed by atoms with Crippen LogP contribution in [0, 0.1) is 6.92 Å². The van der Waals surface area contributed by atoms with Crippen LogP contribution in [-0.4, -0.2) is 12.3 Å². The summed E-state index contributed by atoms with van der Waals surface area (Å²) in [6.45, 7) is 1.28. The zero-order valence-corrected chi connectivity index (χ0v) is 8.06. The van der Waals surface area contributed by atoms with E-state index >= 15 is 0 Å². The molecule has 0 aliphatic heterocycles. The highest BCUT2D eigenvalue weighted by atomic mass is 19.4. The molecule has 0 aliphatic carbocycles. The summed E-state index contributed by atoms with van der Waals surface area (Å²) in [4.78, 5) is 11.2. The summed E-state index contributed by atoms with van der Waals surface area (Å²) in [7, 11) is 0. The van der Waals surface area contributed by atoms with E-state index in [0.717, 1.165) is 12.1 Å². The lowest BCUT2D eigenvalue weighted by molar-refractivity contribution is -0.137. The van der Waals surface area contributed by atoms with Crippen LogP contribution < -0.4 is 5.73 Å². The van der Waals surface area contributed by atoms with E-state index in [1.165, 1.54) is 6.07 Å². The third-order valence-corrected chi connectivity index (χ3v) is 2.05. The first-order valence-electron chi connectivity index (χ1n) is 4.27. The van der Waals surface area contributed by atoms with Crippen molar-refractivity contribution in [2.45, 2.75) is 13.1 Å². The minimum absolute atomic E-state index is 0.0346. The van der Waals surface area contributed by atoms with Crippen molar-refractivity contribution in [3.05, 3.63) is 34.9 Å². The van der Waals surface area contributed by atoms with Crippen molar-refractivity contribution in [1.82, 2.24) is 0 Å². The largest absolute Gasteiger partial charge is 0.416 e. The van der Waals surface area contributed by atoms with Crippen molar-refractivity contribution in [2.75, 3.05) is 6.54 Å². The van der Waals surface area contributed by atoms with Gasteiger partial charge in [0.15, 0.2) is 5.78 Å². The Morgan fingerprint density at radius 3 is 2.47 bits per heavy atom. The predicted octanol–water partition coefficient (Wildman–Crippen LogP) is 2.16. The maximum Gasteiger partial charge on any atom is 0.416 e. The number of benzene rings is 1. The minimum atomic E-state index is -4.43. The van der Waals surface area contributed by atoms with E-state index in [-0.39, 0.29) is 12.1 Å². The third-order valence-electron chi connectivity index (χ3n) is 2.05. The molecule has 0 aromatic heterocycles. The fourth-order valence-electron chi connectivity index (χ4n) is 1.21. The number of ketones is 1. The molecule has 15 heavy (non-hydrogen) atoms. The highest BCUT2D eigenvalue weighted by Gasteiger charge is 2.31. The minimum Gasteiger partial charge on any atom is -0.324 e. The number of hydrogen-bond donors (Lipinski definition) is 1. The molecule has 5 heteroatoms. The van der Waals surface area contributed by atoms with Crippen LogP contribution >= 0.6 is 0 Å². The van der Waals surface area contributed by atoms with E-state index in [2.05, 4.69) is 0 Å². The van der Waals surface area contributed by atoms with Gasteiger partial charge in [-0.3, -0.25) is 4.79 Å². The lowest BCUT2D eigenvalue weighted by Gasteiger charge is -2.09. The van der Waals surface area contributed by atoms with E-state index in [0.29, 0.717) is 5.56 Å². The number of halogens is 3. The van der Waals surface area contributed by atoms with Crippen LogP contribution in [0.15, 0.2) is 18.2 Å². The maximum absolute atomic E-state index is 12.3. The van der Waals surface area contributed by atoms with Gasteiger partial charge in [0, 0.05) is 5.56 Å². The zero-order valence-electron chi connectivity index (χ0n) is 8.06. The van der Waals surface area contributed by atoms with Gasteiger partial charge >= 0.3 is 6.18 Å². The Kier molecular flexibility index (Phi) is 3.14. The molecule has 0 heterocycles. The average molecular weight is 217 g/mol. The van der Waals surface area contributed by atoms with Crippen LogP contribution in [0.2, 0.25) is 0 Å². The Balaban J connectivity index is 3.23. The van der Waals surface area contributed by atoms with Crippen LogP contribution in [0.4, 0.5) is 13.2 Å². The van der Waals surface area contributed by atoms with Crippen LogP contribution in [0.25, 0.3) is 0 Å². The smallest absolute Gasteiger partial charge is 0.324 e. The van der Waals surface area contributed by atoms with Crippen molar-refractivity contribution in [1.29, 1.82) is 0 Å². The van der Waals surface area contributed by atoms with Crippen LogP contribution in [0.3, 0.4) is 0 Å². The molecule has 0 atom stereocenters. The molecule has 1 rings (SSSR count). The summed E-state index contributed by atoms with van der Waals surface area (Å²) >= 11 is 0. The van der Waals surface area contributed by atoms with Gasteiger partial charge in [-0.2, -0.15) is 13.2 Å². The highest BCUT2D eigenvalue weighted by Crippen LogP contribution is 2.30. The molecule has 0 radical (unpaired) electrons. The van der Waals surface area contributed by atoms with Gasteiger partial charge in [0.2, 0.25) is 0 Å². The maximum atomic E-state index is 12.3. The number of rotatable bonds is 2. The molecule has 0 spiro atoms. The molecule has 0 unspecified atom stereocenters. The van der Waals surface area contributed by atoms with Crippen molar-refractivity contribution in [3.8, 4) is 0 Å². The van der Waals surface area contributed by atoms with Crippen LogP contribution in [0.5, 0.6) is 0 Å². The first-order chi connectivity index (χ1) is 6.86. The van der Waals surface area contributed by atoms with E-state index in [1.807, 2.05) is 0 Å². The normalized spacial score (nSPS) is 11.5. The third kappa shape index (κ3) is 2.56. The average Bonchev–Trinajstić information content (AvgIpc) is 2.15. The number of hydrogen-bond acceptors (Lipinski definition) is 2. The molecular formula is C10H10F3NO. The van der Waals surface area contributed by atoms with E-state index in [1.54, 1.807) is 6.92 Å². The van der Waals surface area contributed by atoms with Gasteiger partial charge in [-0.15, -0.1) is 0 Å². The second-order valence-corrected chi connectivity index (χ2v) is 3.15. The van der Waals surface area contributed by atoms with E-state index in [9.17, 15) is 18.0 Å². The molecule has 0 saturated carbocycles. The fourth-order valence-corrected chi connectivity index (χ4v) is 1.21. The van der Waals surface area contributed by atoms with Gasteiger partial charge < -0.3 is 5.73 Å². The standard InChI is InChI=1S/C10H10F3NO/c1-6-2-3-7(10(11,12)13)4-8(6)9(15)5-14/h2-4H,5,14H2,1H3. The molecule has 82 valence electrons. The molecule has 0 amide bonds. The Labute approximate surface area is 84.9 Å². The molecule has 2 N–H and O–H groups in total. The lowest BCUT2D eigenvalue weighted by atomic mass is 10.0. The van der Waals surface area contributed by atoms with Crippen molar-refractivity contribution in [3.63, 3.8) is 0 Å². The summed E-state index contributed by atoms with van der Waals surface area (Å²) in [5, 5.41) is 0. The fraction of sp³-hybridized carbons (Fsp3) is 0.300. The Hall–Kier alpha value is -1.36. The monoisotopic (exact) mass is 217 g/mol. The molecular weight excluding hydrogens is 207 g/mol. The van der Waals surface area contributed by atoms with Gasteiger partial charge in [0.05, 0.1) is 12.1 Å². The molecule has 1 aromatic carbocycles. The second kappa shape index (κ2) is 4.02. The van der Waals surface area contributed by atoms with E-state index in [4.69, 9.17) is 5.73 Å². The van der Waals surface area contributed by atoms with Gasteiger partial charge in [0.25, 0.3) is 0 Å². The summed E-state index contributed by atoms with van der Waals surface area (Å²) in [6, 6.07) is 3.05. The first-order valence-corrected chi connectivity index (χ1v) is 4.27. The molecule has 0 aliphatic rings. The Morgan fingerprint density at radius 1 is 1.40 bits per heavy atom. The summed E-state index contributed by atoms with van der Waals surface area (Å²) in [6.07, 6.45) is -4.43. The Morgan fingerprint density at radius 2 is 2.00 bits per heavy atom. The lowest BCUT2D eigenvalue weighted by Crippen LogP contribution is -2.16. The quantitative estimate of drug-likeness (QED) is 0.771. The summed E-state index contributed by atoms with van der Waals surface area (Å²) in [5.41, 5.74) is 4.81. The number of Topliss-reactive ketones (excluding diaryl/α,β-unsaturated/α-hetero) is 1. The number of nitrogens with two attached hydrogens (primary N) is 1. The van der Waals surface area contributed by atoms with Gasteiger partial charge in [0.1, 0.15) is 0 Å². The van der Waals surface area contributed by atoms with Crippen LogP contribution in [0.1, 0.15) is 21.5 Å². The topological polar surface area (TPSA) is 43.1 Å². The Bertz CT molecular complexity index is 385. The van der Waals surface area contributed by atoms with Gasteiger partial charge in [-0.1, -0.05) is 6.07 Å².